The van der Waals surface area contributed by atoms with E-state index in [1.807, 2.05) is 0 Å². The molecule has 0 aliphatic carbocycles. The zero-order valence-electron chi connectivity index (χ0n) is 15.8. The predicted molar refractivity (Wildman–Crippen MR) is 105 cm³/mol. The van der Waals surface area contributed by atoms with E-state index in [1.54, 1.807) is 0 Å². The molecule has 144 valence electrons. The fourth-order valence-corrected chi connectivity index (χ4v) is 3.35. The van der Waals surface area contributed by atoms with Crippen molar-refractivity contribution < 1.29 is 19.8 Å². The minimum atomic E-state index is -1.25. The molecule has 0 rings (SSSR count). The Kier molecular flexibility index (Phi) is 20.3. The standard InChI is InChI=1S/C20H38O4.Na.H/c1-3-5-6-7-8-9-10-11-12-13-15-17(14-4-2)16-18(19(21)22)20(23)24;;/h17-18H,3-16H2,1-2H3,(H,21,22)(H,23,24);;. The van der Waals surface area contributed by atoms with Gasteiger partial charge in [-0.3, -0.25) is 9.59 Å². The molecule has 0 heterocycles. The van der Waals surface area contributed by atoms with Gasteiger partial charge in [0.05, 0.1) is 0 Å². The summed E-state index contributed by atoms with van der Waals surface area (Å²) in [7, 11) is 0. The van der Waals surface area contributed by atoms with Gasteiger partial charge in [-0.2, -0.15) is 0 Å². The molecule has 0 spiro atoms. The molecule has 4 nitrogen and oxygen atoms in total. The summed E-state index contributed by atoms with van der Waals surface area (Å²) in [6, 6.07) is 0. The van der Waals surface area contributed by atoms with Crippen molar-refractivity contribution in [2.45, 2.75) is 104 Å². The first-order chi connectivity index (χ1) is 11.5. The molecule has 0 aliphatic rings. The van der Waals surface area contributed by atoms with Crippen LogP contribution in [-0.2, 0) is 9.59 Å². The van der Waals surface area contributed by atoms with Crippen molar-refractivity contribution >= 4 is 41.5 Å². The summed E-state index contributed by atoms with van der Waals surface area (Å²) in [6.07, 6.45) is 16.0. The van der Waals surface area contributed by atoms with Gasteiger partial charge in [0.1, 0.15) is 0 Å². The number of carboxylic acid groups (broad SMARTS) is 2. The Labute approximate surface area is 176 Å². The summed E-state index contributed by atoms with van der Waals surface area (Å²) in [4.78, 5) is 22.1. The summed E-state index contributed by atoms with van der Waals surface area (Å²) < 4.78 is 0. The van der Waals surface area contributed by atoms with Crippen LogP contribution in [0.25, 0.3) is 0 Å². The van der Waals surface area contributed by atoms with Crippen molar-refractivity contribution in [3.05, 3.63) is 0 Å². The van der Waals surface area contributed by atoms with Crippen molar-refractivity contribution in [3.63, 3.8) is 0 Å². The van der Waals surface area contributed by atoms with Gasteiger partial charge in [-0.15, -0.1) is 0 Å². The third-order valence-electron chi connectivity index (χ3n) is 4.83. The first-order valence-electron chi connectivity index (χ1n) is 9.98. The molecule has 5 heteroatoms. The van der Waals surface area contributed by atoms with Crippen LogP contribution < -0.4 is 0 Å². The first kappa shape index (κ1) is 27.2. The van der Waals surface area contributed by atoms with Crippen LogP contribution in [0.2, 0.25) is 0 Å². The quantitative estimate of drug-likeness (QED) is 0.210. The van der Waals surface area contributed by atoms with Crippen molar-refractivity contribution in [1.82, 2.24) is 0 Å². The van der Waals surface area contributed by atoms with Crippen LogP contribution in [0.5, 0.6) is 0 Å². The number of aliphatic carboxylic acids is 2. The second kappa shape index (κ2) is 18.7. The van der Waals surface area contributed by atoms with Crippen molar-refractivity contribution in [2.75, 3.05) is 0 Å². The minimum absolute atomic E-state index is 0. The number of carboxylic acids is 2. The normalized spacial score (nSPS) is 12.0. The molecule has 0 aromatic rings. The third kappa shape index (κ3) is 15.9. The Morgan fingerprint density at radius 1 is 0.680 bits per heavy atom. The Hall–Kier alpha value is -0.0600. The van der Waals surface area contributed by atoms with Crippen LogP contribution in [0.4, 0.5) is 0 Å². The van der Waals surface area contributed by atoms with E-state index in [0.29, 0.717) is 0 Å². The van der Waals surface area contributed by atoms with E-state index in [9.17, 15) is 9.59 Å². The molecule has 2 N–H and O–H groups in total. The number of hydrogen-bond donors (Lipinski definition) is 2. The van der Waals surface area contributed by atoms with E-state index in [1.165, 1.54) is 57.8 Å². The van der Waals surface area contributed by atoms with Crippen LogP contribution in [0.3, 0.4) is 0 Å². The topological polar surface area (TPSA) is 74.6 Å². The Morgan fingerprint density at radius 3 is 1.52 bits per heavy atom. The Morgan fingerprint density at radius 2 is 1.12 bits per heavy atom. The molecule has 0 fully saturated rings. The van der Waals surface area contributed by atoms with Gasteiger partial charge < -0.3 is 10.2 Å². The molecule has 25 heavy (non-hydrogen) atoms. The van der Waals surface area contributed by atoms with E-state index in [2.05, 4.69) is 13.8 Å². The average Bonchev–Trinajstić information content (AvgIpc) is 2.53. The third-order valence-corrected chi connectivity index (χ3v) is 4.83. The van der Waals surface area contributed by atoms with Gasteiger partial charge in [0.2, 0.25) is 0 Å². The van der Waals surface area contributed by atoms with Gasteiger partial charge in [-0.1, -0.05) is 97.3 Å². The number of hydrogen-bond acceptors (Lipinski definition) is 2. The van der Waals surface area contributed by atoms with Crippen molar-refractivity contribution in [1.29, 1.82) is 0 Å². The fraction of sp³-hybridized carbons (Fsp3) is 0.900. The van der Waals surface area contributed by atoms with E-state index in [-0.39, 0.29) is 41.9 Å². The molecule has 0 radical (unpaired) electrons. The second-order valence-corrected chi connectivity index (χ2v) is 7.09. The molecule has 0 bridgehead atoms. The summed E-state index contributed by atoms with van der Waals surface area (Å²) in [5.41, 5.74) is 0. The van der Waals surface area contributed by atoms with Crippen LogP contribution in [-0.4, -0.2) is 51.7 Å². The average molecular weight is 367 g/mol. The molecule has 0 aromatic heterocycles. The predicted octanol–water partition coefficient (Wildman–Crippen LogP) is 5.24. The van der Waals surface area contributed by atoms with E-state index >= 15 is 0 Å². The molecule has 1 atom stereocenters. The zero-order valence-corrected chi connectivity index (χ0v) is 15.8. The van der Waals surface area contributed by atoms with Crippen LogP contribution >= 0.6 is 0 Å². The van der Waals surface area contributed by atoms with Gasteiger partial charge in [-0.25, -0.2) is 0 Å². The molecule has 1 unspecified atom stereocenters. The SMILES string of the molecule is CCCCCCCCCCCCC(CCC)CC(C(=O)O)C(=O)O.[NaH]. The molecule has 0 amide bonds. The zero-order chi connectivity index (χ0) is 18.2. The van der Waals surface area contributed by atoms with Crippen molar-refractivity contribution in [3.8, 4) is 0 Å². The maximum absolute atomic E-state index is 11.0. The van der Waals surface area contributed by atoms with E-state index in [0.717, 1.165) is 25.7 Å². The van der Waals surface area contributed by atoms with Crippen LogP contribution in [0, 0.1) is 11.8 Å². The number of unbranched alkanes of at least 4 members (excludes halogenated alkanes) is 9. The second-order valence-electron chi connectivity index (χ2n) is 7.09. The summed E-state index contributed by atoms with van der Waals surface area (Å²) >= 11 is 0. The van der Waals surface area contributed by atoms with Crippen LogP contribution in [0.1, 0.15) is 104 Å². The van der Waals surface area contributed by atoms with E-state index < -0.39 is 17.9 Å². The summed E-state index contributed by atoms with van der Waals surface area (Å²) in [5.74, 6) is -3.43. The molecule has 0 aliphatic heterocycles. The summed E-state index contributed by atoms with van der Waals surface area (Å²) in [6.45, 7) is 4.31. The molecule has 0 saturated carbocycles. The van der Waals surface area contributed by atoms with Gasteiger partial charge in [-0.05, 0) is 12.3 Å². The van der Waals surface area contributed by atoms with E-state index in [4.69, 9.17) is 10.2 Å². The molecule has 0 saturated heterocycles. The maximum atomic E-state index is 11.0. The number of rotatable bonds is 17. The monoisotopic (exact) mass is 366 g/mol. The molecule has 0 aromatic carbocycles. The Balaban J connectivity index is 0. The van der Waals surface area contributed by atoms with Gasteiger partial charge in [0.25, 0.3) is 0 Å². The van der Waals surface area contributed by atoms with Crippen LogP contribution in [0.15, 0.2) is 0 Å². The summed E-state index contributed by atoms with van der Waals surface area (Å²) in [5, 5.41) is 18.1. The van der Waals surface area contributed by atoms with Gasteiger partial charge in [0.15, 0.2) is 5.92 Å². The fourth-order valence-electron chi connectivity index (χ4n) is 3.35. The number of carbonyl (C=O) groups is 2. The van der Waals surface area contributed by atoms with Gasteiger partial charge in [0, 0.05) is 0 Å². The first-order valence-corrected chi connectivity index (χ1v) is 9.98. The molecular formula is C20H39NaO4. The van der Waals surface area contributed by atoms with Gasteiger partial charge >= 0.3 is 41.5 Å². The Bertz CT molecular complexity index is 320. The van der Waals surface area contributed by atoms with Crippen molar-refractivity contribution in [2.24, 2.45) is 11.8 Å². The molecular weight excluding hydrogens is 327 g/mol.